The Hall–Kier alpha value is -15.8. The van der Waals surface area contributed by atoms with Crippen LogP contribution in [-0.2, 0) is 0 Å². The Balaban J connectivity index is 0.000000119. The first kappa shape index (κ1) is 73.4. The molecule has 0 radical (unpaired) electrons. The molecule has 0 aliphatic rings. The molecule has 0 unspecified atom stereocenters. The van der Waals surface area contributed by atoms with Crippen LogP contribution in [0.15, 0.2) is 500 Å². The van der Waals surface area contributed by atoms with Crippen molar-refractivity contribution in [3.63, 3.8) is 0 Å². The van der Waals surface area contributed by atoms with Gasteiger partial charge in [0.05, 0.1) is 0 Å². The molecule has 5 nitrogen and oxygen atoms in total. The molecule has 0 N–H and O–H groups in total. The predicted octanol–water partition coefficient (Wildman–Crippen LogP) is 32.6. The average molecular weight is 1520 g/mol. The average Bonchev–Trinajstić information content (AvgIpc) is 1.70. The number of nitrogens with zero attached hydrogens (tertiary/aromatic N) is 3. The normalized spacial score (nSPS) is 11.0. The molecule has 19 aromatic carbocycles. The zero-order valence-electron chi connectivity index (χ0n) is 65.4. The molecule has 0 bridgehead atoms. The highest BCUT2D eigenvalue weighted by molar-refractivity contribution is 6.08. The van der Waals surface area contributed by atoms with E-state index in [1.165, 1.54) is 89.0 Å². The summed E-state index contributed by atoms with van der Waals surface area (Å²) in [4.78, 5) is 6.92. The van der Waals surface area contributed by atoms with Gasteiger partial charge in [-0.15, -0.1) is 0 Å². The minimum atomic E-state index is 0.885. The molecule has 21 rings (SSSR count). The van der Waals surface area contributed by atoms with Crippen molar-refractivity contribution in [3.8, 4) is 89.0 Å². The van der Waals surface area contributed by atoms with Crippen LogP contribution < -0.4 is 14.7 Å². The van der Waals surface area contributed by atoms with Crippen LogP contribution in [0, 0.1) is 0 Å². The number of furan rings is 2. The first-order valence-corrected chi connectivity index (χ1v) is 40.4. The standard InChI is InChI=1S/C42H31N.2C36H25NO/c1-4-10-32(11-5-1)35-16-18-36(19-17-35)39-24-30-42(31-25-39)43(40-26-20-37(21-27-40)33-12-6-2-7-13-33)41-28-22-38(23-29-41)34-14-8-3-9-15-34;1-3-9-26(10-4-1)28-15-19-30(20-16-28)37(31-21-17-29(18-22-31)27-11-5-2-6-12-27)32-23-24-36-34(25-32)33-13-7-8-14-35(33)38-36;1-3-9-26(10-4-1)28-15-19-30(20-16-28)37(31-21-17-29(18-22-31)27-11-5-2-6-12-27)32-23-24-34-33-13-7-8-14-35(33)38-36(34)25-32/h1-31H;2*1-25H. The maximum atomic E-state index is 6.24. The summed E-state index contributed by atoms with van der Waals surface area (Å²) in [5.74, 6) is 0. The fourth-order valence-corrected chi connectivity index (χ4v) is 15.9. The topological polar surface area (TPSA) is 36.0 Å². The molecule has 0 spiro atoms. The Labute approximate surface area is 694 Å². The van der Waals surface area contributed by atoms with E-state index in [1.54, 1.807) is 0 Å². The second kappa shape index (κ2) is 34.1. The second-order valence-electron chi connectivity index (χ2n) is 29.5. The van der Waals surface area contributed by atoms with Gasteiger partial charge in [-0.05, 0) is 216 Å². The second-order valence-corrected chi connectivity index (χ2v) is 29.5. The number of fused-ring (bicyclic) bond motifs is 6. The van der Waals surface area contributed by atoms with Gasteiger partial charge in [0.15, 0.2) is 0 Å². The number of benzene rings is 19. The highest BCUT2D eigenvalue weighted by Gasteiger charge is 2.21. The third-order valence-electron chi connectivity index (χ3n) is 22.1. The molecule has 5 heteroatoms. The summed E-state index contributed by atoms with van der Waals surface area (Å²) in [5.41, 5.74) is 32.8. The van der Waals surface area contributed by atoms with Crippen LogP contribution in [0.5, 0.6) is 0 Å². The predicted molar refractivity (Wildman–Crippen MR) is 501 cm³/mol. The minimum absolute atomic E-state index is 0.885. The number of hydrogen-bond acceptors (Lipinski definition) is 5. The molecule has 0 amide bonds. The monoisotopic (exact) mass is 1520 g/mol. The largest absolute Gasteiger partial charge is 0.456 e. The lowest BCUT2D eigenvalue weighted by Gasteiger charge is -2.26. The van der Waals surface area contributed by atoms with E-state index in [-0.39, 0.29) is 0 Å². The number of para-hydroxylation sites is 2. The maximum Gasteiger partial charge on any atom is 0.137 e. The van der Waals surface area contributed by atoms with Crippen molar-refractivity contribution in [1.82, 2.24) is 0 Å². The van der Waals surface area contributed by atoms with Gasteiger partial charge in [-0.3, -0.25) is 0 Å². The SMILES string of the molecule is c1ccc(-c2ccc(-c3ccc(N(c4ccc(-c5ccccc5)cc4)c4ccc(-c5ccccc5)cc4)cc3)cc2)cc1.c1ccc(-c2ccc(N(c3ccc(-c4ccccc4)cc3)c3ccc4c(c3)oc3ccccc34)cc2)cc1.c1ccc(-c2ccc(N(c3ccc(-c4ccccc4)cc3)c3ccc4oc5ccccc5c4c3)cc2)cc1. The van der Waals surface area contributed by atoms with Gasteiger partial charge >= 0.3 is 0 Å². The van der Waals surface area contributed by atoms with Crippen molar-refractivity contribution >= 4 is 95.1 Å². The molecular weight excluding hydrogens is 1440 g/mol. The lowest BCUT2D eigenvalue weighted by molar-refractivity contribution is 0.668. The van der Waals surface area contributed by atoms with E-state index in [4.69, 9.17) is 8.83 Å². The molecule has 2 heterocycles. The minimum Gasteiger partial charge on any atom is -0.456 e. The van der Waals surface area contributed by atoms with E-state index in [9.17, 15) is 0 Å². The summed E-state index contributed by atoms with van der Waals surface area (Å²) in [6.45, 7) is 0. The van der Waals surface area contributed by atoms with Crippen LogP contribution in [0.3, 0.4) is 0 Å². The molecule has 0 aliphatic carbocycles. The van der Waals surface area contributed by atoms with Gasteiger partial charge in [-0.1, -0.05) is 358 Å². The van der Waals surface area contributed by atoms with E-state index >= 15 is 0 Å². The van der Waals surface area contributed by atoms with Crippen LogP contribution in [0.1, 0.15) is 0 Å². The van der Waals surface area contributed by atoms with Crippen LogP contribution in [-0.4, -0.2) is 0 Å². The Bertz CT molecular complexity index is 6660. The molecule has 119 heavy (non-hydrogen) atoms. The number of anilines is 9. The van der Waals surface area contributed by atoms with Gasteiger partial charge in [0.25, 0.3) is 0 Å². The smallest absolute Gasteiger partial charge is 0.137 e. The summed E-state index contributed by atoms with van der Waals surface area (Å²) in [6, 6.07) is 173. The zero-order chi connectivity index (χ0) is 79.5. The van der Waals surface area contributed by atoms with Crippen LogP contribution >= 0.6 is 0 Å². The first-order chi connectivity index (χ1) is 59.0. The van der Waals surface area contributed by atoms with E-state index in [2.05, 4.69) is 470 Å². The lowest BCUT2D eigenvalue weighted by Crippen LogP contribution is -2.09. The van der Waals surface area contributed by atoms with Gasteiger partial charge in [0.2, 0.25) is 0 Å². The Kier molecular flexibility index (Phi) is 21.0. The van der Waals surface area contributed by atoms with Crippen molar-refractivity contribution in [2.24, 2.45) is 0 Å². The number of hydrogen-bond donors (Lipinski definition) is 0. The summed E-state index contributed by atoms with van der Waals surface area (Å²) >= 11 is 0. The van der Waals surface area contributed by atoms with Gasteiger partial charge in [0, 0.05) is 78.8 Å². The van der Waals surface area contributed by atoms with Gasteiger partial charge in [-0.25, -0.2) is 0 Å². The van der Waals surface area contributed by atoms with Crippen molar-refractivity contribution in [2.75, 3.05) is 14.7 Å². The van der Waals surface area contributed by atoms with Gasteiger partial charge < -0.3 is 23.5 Å². The fraction of sp³-hybridized carbons (Fsp3) is 0. The van der Waals surface area contributed by atoms with Crippen molar-refractivity contribution in [1.29, 1.82) is 0 Å². The number of rotatable bonds is 17. The van der Waals surface area contributed by atoms with Gasteiger partial charge in [-0.2, -0.15) is 0 Å². The third kappa shape index (κ3) is 16.1. The van der Waals surface area contributed by atoms with E-state index in [1.807, 2.05) is 36.4 Å². The highest BCUT2D eigenvalue weighted by atomic mass is 16.3. The van der Waals surface area contributed by atoms with E-state index < -0.39 is 0 Å². The Morgan fingerprint density at radius 1 is 0.109 bits per heavy atom. The highest BCUT2D eigenvalue weighted by Crippen LogP contribution is 2.44. The quantitative estimate of drug-likeness (QED) is 0.0908. The van der Waals surface area contributed by atoms with Gasteiger partial charge in [0.1, 0.15) is 22.3 Å². The summed E-state index contributed by atoms with van der Waals surface area (Å²) in [5, 5.41) is 4.51. The molecule has 2 aromatic heterocycles. The summed E-state index contributed by atoms with van der Waals surface area (Å²) < 4.78 is 12.4. The van der Waals surface area contributed by atoms with E-state index in [0.29, 0.717) is 0 Å². The lowest BCUT2D eigenvalue weighted by atomic mass is 10.00. The Morgan fingerprint density at radius 3 is 0.546 bits per heavy atom. The molecule has 0 fully saturated rings. The van der Waals surface area contributed by atoms with Crippen molar-refractivity contribution in [3.05, 3.63) is 491 Å². The van der Waals surface area contributed by atoms with Crippen LogP contribution in [0.4, 0.5) is 51.2 Å². The Morgan fingerprint density at radius 2 is 0.277 bits per heavy atom. The van der Waals surface area contributed by atoms with Crippen molar-refractivity contribution in [2.45, 2.75) is 0 Å². The molecular formula is C114H81N3O2. The van der Waals surface area contributed by atoms with Crippen LogP contribution in [0.25, 0.3) is 133 Å². The molecule has 0 aliphatic heterocycles. The fourth-order valence-electron chi connectivity index (χ4n) is 15.9. The molecule has 0 saturated carbocycles. The maximum absolute atomic E-state index is 6.24. The molecule has 0 saturated heterocycles. The third-order valence-corrected chi connectivity index (χ3v) is 22.1. The molecule has 564 valence electrons. The van der Waals surface area contributed by atoms with Crippen molar-refractivity contribution < 1.29 is 8.83 Å². The van der Waals surface area contributed by atoms with Crippen LogP contribution in [0.2, 0.25) is 0 Å². The summed E-state index contributed by atoms with van der Waals surface area (Å²) in [7, 11) is 0. The zero-order valence-corrected chi connectivity index (χ0v) is 65.4. The molecule has 0 atom stereocenters. The summed E-state index contributed by atoms with van der Waals surface area (Å²) in [6.07, 6.45) is 0. The van der Waals surface area contributed by atoms with E-state index in [0.717, 1.165) is 95.1 Å². The first-order valence-electron chi connectivity index (χ1n) is 40.4. The molecule has 21 aromatic rings.